The van der Waals surface area contributed by atoms with Crippen LogP contribution in [0.4, 0.5) is 11.8 Å². The van der Waals surface area contributed by atoms with Gasteiger partial charge in [0.2, 0.25) is 5.95 Å². The van der Waals surface area contributed by atoms with Crippen molar-refractivity contribution in [1.29, 1.82) is 0 Å². The molecule has 1 aliphatic carbocycles. The molecule has 1 fully saturated rings. The summed E-state index contributed by atoms with van der Waals surface area (Å²) in [6.07, 6.45) is 6.90. The number of anilines is 2. The van der Waals surface area contributed by atoms with Gasteiger partial charge in [-0.15, -0.1) is 0 Å². The van der Waals surface area contributed by atoms with Gasteiger partial charge in [-0.1, -0.05) is 50.1 Å². The Morgan fingerprint density at radius 2 is 2.00 bits per heavy atom. The highest BCUT2D eigenvalue weighted by atomic mass is 16.4. The van der Waals surface area contributed by atoms with Crippen molar-refractivity contribution in [2.24, 2.45) is 0 Å². The minimum atomic E-state index is -0.917. The molecule has 2 heterocycles. The summed E-state index contributed by atoms with van der Waals surface area (Å²) in [4.78, 5) is 25.2. The first kappa shape index (κ1) is 19.2. The number of nitrogens with one attached hydrogen (secondary N) is 2. The molecule has 8 nitrogen and oxygen atoms in total. The Labute approximate surface area is 169 Å². The van der Waals surface area contributed by atoms with E-state index in [1.54, 1.807) is 0 Å². The predicted octanol–water partition coefficient (Wildman–Crippen LogP) is 3.83. The second kappa shape index (κ2) is 8.46. The maximum Gasteiger partial charge on any atom is 0.326 e. The van der Waals surface area contributed by atoms with E-state index < -0.39 is 12.0 Å². The van der Waals surface area contributed by atoms with Crippen LogP contribution in [0, 0.1) is 0 Å². The number of carboxylic acid groups (broad SMARTS) is 1. The lowest BCUT2D eigenvalue weighted by Gasteiger charge is -2.16. The summed E-state index contributed by atoms with van der Waals surface area (Å²) >= 11 is 0. The van der Waals surface area contributed by atoms with Gasteiger partial charge in [-0.2, -0.15) is 9.97 Å². The van der Waals surface area contributed by atoms with E-state index in [1.807, 2.05) is 43.6 Å². The average Bonchev–Trinajstić information content (AvgIpc) is 3.40. The van der Waals surface area contributed by atoms with Gasteiger partial charge in [-0.25, -0.2) is 9.78 Å². The lowest BCUT2D eigenvalue weighted by atomic mass is 10.2. The second-order valence-electron chi connectivity index (χ2n) is 7.44. The van der Waals surface area contributed by atoms with Crippen LogP contribution in [0.1, 0.15) is 50.6 Å². The van der Waals surface area contributed by atoms with E-state index in [0.717, 1.165) is 24.1 Å². The van der Waals surface area contributed by atoms with Crippen molar-refractivity contribution in [2.45, 2.75) is 57.7 Å². The van der Waals surface area contributed by atoms with Crippen LogP contribution in [0.3, 0.4) is 0 Å². The molecule has 29 heavy (non-hydrogen) atoms. The Balaban J connectivity index is 1.70. The number of aliphatic carboxylic acids is 1. The number of carboxylic acids is 1. The zero-order valence-corrected chi connectivity index (χ0v) is 16.5. The van der Waals surface area contributed by atoms with Crippen LogP contribution in [-0.4, -0.2) is 36.6 Å². The third kappa shape index (κ3) is 4.16. The fraction of sp³-hybridized carbons (Fsp3) is 0.429. The van der Waals surface area contributed by atoms with Gasteiger partial charge < -0.3 is 20.3 Å². The second-order valence-corrected chi connectivity index (χ2v) is 7.44. The number of hydrogen-bond donors (Lipinski definition) is 3. The quantitative estimate of drug-likeness (QED) is 0.533. The predicted molar refractivity (Wildman–Crippen MR) is 112 cm³/mol. The zero-order valence-electron chi connectivity index (χ0n) is 16.5. The topological polar surface area (TPSA) is 105 Å². The molecule has 0 bridgehead atoms. The number of fused-ring (bicyclic) bond motifs is 1. The molecule has 2 aromatic heterocycles. The number of carbonyl (C=O) groups is 1. The summed E-state index contributed by atoms with van der Waals surface area (Å²) < 4.78 is 2.12. The van der Waals surface area contributed by atoms with Gasteiger partial charge in [-0.05, 0) is 24.8 Å². The number of benzene rings is 1. The van der Waals surface area contributed by atoms with E-state index in [-0.39, 0.29) is 0 Å². The minimum Gasteiger partial charge on any atom is -0.480 e. The van der Waals surface area contributed by atoms with Crippen LogP contribution in [-0.2, 0) is 11.3 Å². The van der Waals surface area contributed by atoms with E-state index in [2.05, 4.69) is 30.2 Å². The molecular weight excluding hydrogens is 368 g/mol. The Morgan fingerprint density at radius 1 is 1.24 bits per heavy atom. The SMILES string of the molecule is CC[C@@H](Nc1nc(NCc2ccccc2)c2ncn(C3CCCC3)c2n1)C(=O)O. The smallest absolute Gasteiger partial charge is 0.326 e. The molecule has 3 N–H and O–H groups in total. The molecule has 0 saturated heterocycles. The third-order valence-electron chi connectivity index (χ3n) is 5.45. The maximum absolute atomic E-state index is 11.5. The van der Waals surface area contributed by atoms with E-state index >= 15 is 0 Å². The van der Waals surface area contributed by atoms with Crippen molar-refractivity contribution >= 4 is 28.9 Å². The fourth-order valence-corrected chi connectivity index (χ4v) is 3.83. The van der Waals surface area contributed by atoms with Gasteiger partial charge in [0, 0.05) is 12.6 Å². The van der Waals surface area contributed by atoms with Gasteiger partial charge in [0.15, 0.2) is 17.0 Å². The van der Waals surface area contributed by atoms with Crippen LogP contribution < -0.4 is 10.6 Å². The number of rotatable bonds is 8. The Kier molecular flexibility index (Phi) is 5.59. The van der Waals surface area contributed by atoms with E-state index in [1.165, 1.54) is 12.8 Å². The van der Waals surface area contributed by atoms with E-state index in [0.29, 0.717) is 36.3 Å². The Hall–Kier alpha value is -3.16. The number of hydrogen-bond acceptors (Lipinski definition) is 6. The van der Waals surface area contributed by atoms with Gasteiger partial charge >= 0.3 is 5.97 Å². The summed E-state index contributed by atoms with van der Waals surface area (Å²) in [5, 5.41) is 15.7. The van der Waals surface area contributed by atoms with Crippen molar-refractivity contribution in [3.63, 3.8) is 0 Å². The normalized spacial score (nSPS) is 15.5. The summed E-state index contributed by atoms with van der Waals surface area (Å²) in [6.45, 7) is 2.42. The Bertz CT molecular complexity index is 982. The molecule has 8 heteroatoms. The number of imidazole rings is 1. The molecule has 0 aliphatic heterocycles. The molecule has 3 aromatic rings. The molecule has 1 aliphatic rings. The van der Waals surface area contributed by atoms with Crippen LogP contribution in [0.15, 0.2) is 36.7 Å². The summed E-state index contributed by atoms with van der Waals surface area (Å²) in [6, 6.07) is 9.69. The standard InChI is InChI=1S/C21H26N6O2/c1-2-16(20(28)29)24-21-25-18(22-12-14-8-4-3-5-9-14)17-19(26-21)27(13-23-17)15-10-6-7-11-15/h3-5,8-9,13,15-16H,2,6-7,10-12H2,1H3,(H,28,29)(H2,22,24,25,26)/t16-/m1/s1. The first-order valence-electron chi connectivity index (χ1n) is 10.2. The minimum absolute atomic E-state index is 0.307. The van der Waals surface area contributed by atoms with Crippen molar-refractivity contribution in [3.8, 4) is 0 Å². The first-order valence-corrected chi connectivity index (χ1v) is 10.2. The molecule has 0 spiro atoms. The lowest BCUT2D eigenvalue weighted by molar-refractivity contribution is -0.138. The average molecular weight is 394 g/mol. The monoisotopic (exact) mass is 394 g/mol. The fourth-order valence-electron chi connectivity index (χ4n) is 3.83. The molecule has 152 valence electrons. The highest BCUT2D eigenvalue weighted by molar-refractivity contribution is 5.85. The highest BCUT2D eigenvalue weighted by Gasteiger charge is 2.23. The third-order valence-corrected chi connectivity index (χ3v) is 5.45. The molecule has 4 rings (SSSR count). The lowest BCUT2D eigenvalue weighted by Crippen LogP contribution is -2.29. The zero-order chi connectivity index (χ0) is 20.2. The molecule has 1 saturated carbocycles. The summed E-state index contributed by atoms with van der Waals surface area (Å²) in [5.41, 5.74) is 2.58. The van der Waals surface area contributed by atoms with Crippen LogP contribution in [0.25, 0.3) is 11.2 Å². The van der Waals surface area contributed by atoms with Gasteiger partial charge in [0.1, 0.15) is 6.04 Å². The van der Waals surface area contributed by atoms with Crippen molar-refractivity contribution in [2.75, 3.05) is 10.6 Å². The van der Waals surface area contributed by atoms with Crippen molar-refractivity contribution < 1.29 is 9.90 Å². The maximum atomic E-state index is 11.5. The molecule has 1 atom stereocenters. The van der Waals surface area contributed by atoms with E-state index in [9.17, 15) is 9.90 Å². The van der Waals surface area contributed by atoms with E-state index in [4.69, 9.17) is 0 Å². The largest absolute Gasteiger partial charge is 0.480 e. The highest BCUT2D eigenvalue weighted by Crippen LogP contribution is 2.33. The summed E-state index contributed by atoms with van der Waals surface area (Å²) in [7, 11) is 0. The van der Waals surface area contributed by atoms with Crippen molar-refractivity contribution in [1.82, 2.24) is 19.5 Å². The molecule has 0 amide bonds. The van der Waals surface area contributed by atoms with Crippen LogP contribution in [0.5, 0.6) is 0 Å². The first-order chi connectivity index (χ1) is 14.2. The van der Waals surface area contributed by atoms with Crippen LogP contribution in [0.2, 0.25) is 0 Å². The van der Waals surface area contributed by atoms with Crippen molar-refractivity contribution in [3.05, 3.63) is 42.2 Å². The summed E-state index contributed by atoms with van der Waals surface area (Å²) in [5.74, 6) is -0.000285. The van der Waals surface area contributed by atoms with Gasteiger partial charge in [0.05, 0.1) is 6.33 Å². The Morgan fingerprint density at radius 3 is 2.69 bits per heavy atom. The number of aromatic nitrogens is 4. The number of nitrogens with zero attached hydrogens (tertiary/aromatic N) is 4. The molecule has 0 unspecified atom stereocenters. The van der Waals surface area contributed by atoms with Gasteiger partial charge in [-0.3, -0.25) is 0 Å². The molecule has 1 aromatic carbocycles. The van der Waals surface area contributed by atoms with Gasteiger partial charge in [0.25, 0.3) is 0 Å². The molecular formula is C21H26N6O2. The van der Waals surface area contributed by atoms with Crippen LogP contribution >= 0.6 is 0 Å². The molecule has 0 radical (unpaired) electrons.